The number of carbonyl (C=O) groups is 1. The summed E-state index contributed by atoms with van der Waals surface area (Å²) in [5.74, 6) is 0.131. The maximum absolute atomic E-state index is 13.2. The molecular weight excluding hydrogens is 805 g/mol. The Hall–Kier alpha value is 0.0900. The van der Waals surface area contributed by atoms with E-state index < -0.39 is 43.7 Å². The quantitative estimate of drug-likeness (QED) is 0.0998. The van der Waals surface area contributed by atoms with Crippen LogP contribution in [0.1, 0.15) is 21.5 Å². The molecule has 2 rings (SSSR count). The molecule has 0 radical (unpaired) electrons. The van der Waals surface area contributed by atoms with Crippen molar-refractivity contribution in [2.75, 3.05) is 30.0 Å². The summed E-state index contributed by atoms with van der Waals surface area (Å²) in [7, 11) is 1.02. The molecular formula is C19H15ClF6I2NO4PS2. The molecule has 2 aromatic rings. The van der Waals surface area contributed by atoms with Crippen molar-refractivity contribution in [1.29, 1.82) is 0 Å². The highest BCUT2D eigenvalue weighted by Gasteiger charge is 2.37. The molecule has 0 aromatic heterocycles. The van der Waals surface area contributed by atoms with Gasteiger partial charge in [-0.15, -0.1) is 0 Å². The van der Waals surface area contributed by atoms with Gasteiger partial charge in [-0.1, -0.05) is 29.5 Å². The number of benzene rings is 2. The summed E-state index contributed by atoms with van der Waals surface area (Å²) in [6.45, 7) is 0.548. The number of amides is 1. The van der Waals surface area contributed by atoms with Gasteiger partial charge in [-0.25, -0.2) is 0 Å². The Bertz CT molecular complexity index is 996. The molecule has 1 amide bonds. The van der Waals surface area contributed by atoms with E-state index in [0.29, 0.717) is 23.6 Å². The van der Waals surface area contributed by atoms with Gasteiger partial charge in [0.2, 0.25) is 0 Å². The topological polar surface area (TPSA) is 56.8 Å². The second-order valence-corrected chi connectivity index (χ2v) is 13.1. The summed E-state index contributed by atoms with van der Waals surface area (Å²) >= 11 is 10.1. The third-order valence-corrected chi connectivity index (χ3v) is 8.57. The first-order chi connectivity index (χ1) is 16.8. The summed E-state index contributed by atoms with van der Waals surface area (Å²) in [6.07, 6.45) is -10.1. The van der Waals surface area contributed by atoms with Crippen molar-refractivity contribution in [3.05, 3.63) is 58.1 Å². The molecule has 36 heavy (non-hydrogen) atoms. The maximum atomic E-state index is 13.2. The number of rotatable bonds is 12. The summed E-state index contributed by atoms with van der Waals surface area (Å²) in [5.41, 5.74) is -4.08. The SMILES string of the molecule is O=C(Nc1cc(C(F)(F)F)cc(C(F)(F)F)c1)c1cc(Cl)ccc1OP(OCCSI)OCCSI. The van der Waals surface area contributed by atoms with E-state index >= 15 is 0 Å². The number of hydrogen-bond donors (Lipinski definition) is 1. The molecule has 5 nitrogen and oxygen atoms in total. The van der Waals surface area contributed by atoms with Crippen molar-refractivity contribution in [1.82, 2.24) is 0 Å². The monoisotopic (exact) mass is 819 g/mol. The third-order valence-electron chi connectivity index (χ3n) is 3.92. The largest absolute Gasteiger partial charge is 0.426 e. The Balaban J connectivity index is 2.35. The number of nitrogens with one attached hydrogen (secondary N) is 1. The zero-order valence-electron chi connectivity index (χ0n) is 17.6. The minimum absolute atomic E-state index is 0.0342. The van der Waals surface area contributed by atoms with Crippen LogP contribution < -0.4 is 9.84 Å². The number of alkyl halides is 6. The first-order valence-electron chi connectivity index (χ1n) is 9.46. The second kappa shape index (κ2) is 15.0. The highest BCUT2D eigenvalue weighted by molar-refractivity contribution is 14.2. The van der Waals surface area contributed by atoms with Crippen LogP contribution in [0.4, 0.5) is 32.0 Å². The van der Waals surface area contributed by atoms with Crippen LogP contribution in [-0.4, -0.2) is 30.6 Å². The van der Waals surface area contributed by atoms with E-state index in [9.17, 15) is 31.1 Å². The average molecular weight is 820 g/mol. The van der Waals surface area contributed by atoms with Crippen LogP contribution in [-0.2, 0) is 21.4 Å². The summed E-state index contributed by atoms with van der Waals surface area (Å²) < 4.78 is 95.9. The molecule has 0 bridgehead atoms. The molecule has 2 aromatic carbocycles. The fraction of sp³-hybridized carbons (Fsp3) is 0.316. The number of carbonyl (C=O) groups excluding carboxylic acids is 1. The van der Waals surface area contributed by atoms with Crippen LogP contribution in [0.15, 0.2) is 36.4 Å². The molecule has 0 aliphatic carbocycles. The van der Waals surface area contributed by atoms with Crippen molar-refractivity contribution in [3.63, 3.8) is 0 Å². The Labute approximate surface area is 241 Å². The minimum atomic E-state index is -5.07. The zero-order chi connectivity index (χ0) is 26.9. The van der Waals surface area contributed by atoms with E-state index in [0.717, 1.165) is 0 Å². The summed E-state index contributed by atoms with van der Waals surface area (Å²) in [4.78, 5) is 12.9. The zero-order valence-corrected chi connectivity index (χ0v) is 25.2. The predicted molar refractivity (Wildman–Crippen MR) is 148 cm³/mol. The minimum Gasteiger partial charge on any atom is -0.426 e. The van der Waals surface area contributed by atoms with E-state index in [2.05, 4.69) is 47.7 Å². The average Bonchev–Trinajstić information content (AvgIpc) is 2.79. The van der Waals surface area contributed by atoms with Gasteiger partial charge in [0.15, 0.2) is 0 Å². The van der Waals surface area contributed by atoms with Crippen LogP contribution in [0.25, 0.3) is 0 Å². The van der Waals surface area contributed by atoms with Crippen LogP contribution in [0.3, 0.4) is 0 Å². The van der Waals surface area contributed by atoms with Gasteiger partial charge >= 0.3 is 21.0 Å². The Morgan fingerprint density at radius 1 is 0.917 bits per heavy atom. The lowest BCUT2D eigenvalue weighted by atomic mass is 10.1. The smallest absolute Gasteiger partial charge is 0.416 e. The first-order valence-corrected chi connectivity index (χ1v) is 18.0. The molecule has 0 aliphatic rings. The number of halogens is 9. The van der Waals surface area contributed by atoms with Gasteiger partial charge in [-0.05, 0) is 78.8 Å². The van der Waals surface area contributed by atoms with Crippen molar-refractivity contribution in [3.8, 4) is 5.75 Å². The third kappa shape index (κ3) is 10.7. The Kier molecular flexibility index (Phi) is 13.5. The van der Waals surface area contributed by atoms with Gasteiger partial charge < -0.3 is 18.9 Å². The van der Waals surface area contributed by atoms with Gasteiger partial charge in [0.1, 0.15) is 5.75 Å². The van der Waals surface area contributed by atoms with E-state index in [4.69, 9.17) is 25.2 Å². The molecule has 1 N–H and O–H groups in total. The molecule has 0 saturated heterocycles. The van der Waals surface area contributed by atoms with Gasteiger partial charge in [-0.2, -0.15) is 26.3 Å². The molecule has 0 spiro atoms. The number of anilines is 1. The molecule has 0 unspecified atom stereocenters. The lowest BCUT2D eigenvalue weighted by Crippen LogP contribution is -2.16. The van der Waals surface area contributed by atoms with Crippen molar-refractivity contribution < 1.29 is 44.7 Å². The van der Waals surface area contributed by atoms with Gasteiger partial charge in [0, 0.05) is 22.2 Å². The van der Waals surface area contributed by atoms with Crippen molar-refractivity contribution in [2.45, 2.75) is 12.4 Å². The summed E-state index contributed by atoms with van der Waals surface area (Å²) in [5, 5.41) is 2.15. The number of hydrogen-bond acceptors (Lipinski definition) is 6. The molecule has 0 heterocycles. The molecule has 0 fully saturated rings. The Morgan fingerprint density at radius 2 is 1.44 bits per heavy atom. The van der Waals surface area contributed by atoms with Crippen molar-refractivity contribution >= 4 is 92.1 Å². The highest BCUT2D eigenvalue weighted by Crippen LogP contribution is 2.43. The van der Waals surface area contributed by atoms with E-state index in [-0.39, 0.29) is 35.6 Å². The van der Waals surface area contributed by atoms with E-state index in [1.807, 2.05) is 0 Å². The fourth-order valence-electron chi connectivity index (χ4n) is 2.44. The van der Waals surface area contributed by atoms with Crippen LogP contribution in [0.5, 0.6) is 5.75 Å². The normalized spacial score (nSPS) is 12.2. The van der Waals surface area contributed by atoms with Crippen LogP contribution >= 0.6 is 80.5 Å². The summed E-state index contributed by atoms with van der Waals surface area (Å²) in [6, 6.07) is 4.66. The van der Waals surface area contributed by atoms with Crippen LogP contribution in [0.2, 0.25) is 5.02 Å². The molecule has 0 atom stereocenters. The fourth-order valence-corrected chi connectivity index (χ4v) is 5.21. The molecule has 0 saturated carbocycles. The lowest BCUT2D eigenvalue weighted by Gasteiger charge is -2.19. The van der Waals surface area contributed by atoms with Crippen LogP contribution in [0, 0.1) is 0 Å². The lowest BCUT2D eigenvalue weighted by molar-refractivity contribution is -0.143. The molecule has 0 aliphatic heterocycles. The maximum Gasteiger partial charge on any atom is 0.416 e. The standard InChI is InChI=1S/C19H15ClF6I2NO4PS2/c20-13-1-2-16(33-34(31-3-5-35-27)32-4-6-36-28)15(10-13)17(30)29-14-8-11(18(21,22)23)7-12(9-14)19(24,25)26/h1-2,7-10H,3-6H2,(H,29,30). The molecule has 200 valence electrons. The first kappa shape index (κ1) is 32.3. The predicted octanol–water partition coefficient (Wildman–Crippen LogP) is 9.44. The van der Waals surface area contributed by atoms with Gasteiger partial charge in [0.25, 0.3) is 5.91 Å². The van der Waals surface area contributed by atoms with Gasteiger partial charge in [-0.3, -0.25) is 4.79 Å². The van der Waals surface area contributed by atoms with E-state index in [1.165, 1.54) is 36.1 Å². The highest BCUT2D eigenvalue weighted by atomic mass is 127. The van der Waals surface area contributed by atoms with E-state index in [1.54, 1.807) is 0 Å². The Morgan fingerprint density at radius 3 is 1.92 bits per heavy atom. The van der Waals surface area contributed by atoms with Crippen molar-refractivity contribution in [2.24, 2.45) is 0 Å². The second-order valence-electron chi connectivity index (χ2n) is 6.50. The molecule has 17 heteroatoms. The van der Waals surface area contributed by atoms with Gasteiger partial charge in [0.05, 0.1) is 29.9 Å².